The van der Waals surface area contributed by atoms with Crippen LogP contribution in [0.4, 0.5) is 0 Å². The van der Waals surface area contributed by atoms with E-state index in [1.807, 2.05) is 30.3 Å². The number of carbonyl (C=O) groups excluding carboxylic acids is 1. The zero-order valence-electron chi connectivity index (χ0n) is 10.6. The Hall–Kier alpha value is -1.35. The molecule has 0 atom stereocenters. The smallest absolute Gasteiger partial charge is 0.251 e. The van der Waals surface area contributed by atoms with Gasteiger partial charge in [0.2, 0.25) is 0 Å². The third-order valence-corrected chi connectivity index (χ3v) is 3.85. The molecule has 17 heavy (non-hydrogen) atoms. The number of rotatable bonds is 4. The molecular formula is C14H20N2O. The Morgan fingerprint density at radius 3 is 2.41 bits per heavy atom. The highest BCUT2D eigenvalue weighted by atomic mass is 16.1. The highest BCUT2D eigenvalue weighted by Crippen LogP contribution is 2.35. The first kappa shape index (κ1) is 12.1. The minimum Gasteiger partial charge on any atom is -0.350 e. The van der Waals surface area contributed by atoms with Gasteiger partial charge in [0.15, 0.2) is 0 Å². The maximum Gasteiger partial charge on any atom is 0.251 e. The number of carbonyl (C=O) groups is 1. The Kier molecular flexibility index (Phi) is 3.48. The summed E-state index contributed by atoms with van der Waals surface area (Å²) >= 11 is 0. The number of hydrogen-bond donors (Lipinski definition) is 1. The SMILES string of the molecule is CN(C)C1(CNC(=O)c2ccccc2)CCC1. The monoisotopic (exact) mass is 232 g/mol. The van der Waals surface area contributed by atoms with E-state index in [2.05, 4.69) is 24.3 Å². The highest BCUT2D eigenvalue weighted by Gasteiger charge is 2.39. The lowest BCUT2D eigenvalue weighted by Gasteiger charge is -2.47. The molecule has 1 aliphatic rings. The summed E-state index contributed by atoms with van der Waals surface area (Å²) in [5, 5.41) is 3.04. The van der Waals surface area contributed by atoms with E-state index in [-0.39, 0.29) is 11.4 Å². The maximum absolute atomic E-state index is 11.9. The topological polar surface area (TPSA) is 32.3 Å². The Labute approximate surface area is 103 Å². The van der Waals surface area contributed by atoms with Crippen molar-refractivity contribution in [2.45, 2.75) is 24.8 Å². The van der Waals surface area contributed by atoms with Crippen molar-refractivity contribution < 1.29 is 4.79 Å². The Morgan fingerprint density at radius 2 is 1.94 bits per heavy atom. The summed E-state index contributed by atoms with van der Waals surface area (Å²) in [7, 11) is 4.18. The molecule has 1 amide bonds. The fraction of sp³-hybridized carbons (Fsp3) is 0.500. The number of hydrogen-bond acceptors (Lipinski definition) is 2. The van der Waals surface area contributed by atoms with E-state index in [1.54, 1.807) is 0 Å². The molecule has 0 aromatic heterocycles. The molecule has 0 aliphatic heterocycles. The summed E-state index contributed by atoms with van der Waals surface area (Å²) in [4.78, 5) is 14.2. The number of likely N-dealkylation sites (N-methyl/N-ethyl adjacent to an activating group) is 1. The van der Waals surface area contributed by atoms with Gasteiger partial charge in [-0.25, -0.2) is 0 Å². The lowest BCUT2D eigenvalue weighted by atomic mass is 9.75. The normalized spacial score (nSPS) is 17.6. The minimum absolute atomic E-state index is 0.0266. The molecule has 0 spiro atoms. The maximum atomic E-state index is 11.9. The lowest BCUT2D eigenvalue weighted by molar-refractivity contribution is 0.0557. The predicted octanol–water partition coefficient (Wildman–Crippen LogP) is 1.90. The molecule has 0 saturated heterocycles. The van der Waals surface area contributed by atoms with Gasteiger partial charge >= 0.3 is 0 Å². The van der Waals surface area contributed by atoms with Gasteiger partial charge in [0, 0.05) is 17.6 Å². The van der Waals surface area contributed by atoms with Gasteiger partial charge in [0.1, 0.15) is 0 Å². The van der Waals surface area contributed by atoms with Crippen LogP contribution in [0.15, 0.2) is 30.3 Å². The molecule has 0 radical (unpaired) electrons. The summed E-state index contributed by atoms with van der Waals surface area (Å²) in [5.41, 5.74) is 0.922. The van der Waals surface area contributed by atoms with Crippen LogP contribution < -0.4 is 5.32 Å². The molecule has 1 saturated carbocycles. The van der Waals surface area contributed by atoms with Crippen LogP contribution in [0.5, 0.6) is 0 Å². The molecule has 1 N–H and O–H groups in total. The molecule has 2 rings (SSSR count). The Bertz CT molecular complexity index is 382. The van der Waals surface area contributed by atoms with E-state index in [0.29, 0.717) is 0 Å². The highest BCUT2D eigenvalue weighted by molar-refractivity contribution is 5.94. The third-order valence-electron chi connectivity index (χ3n) is 3.85. The first-order valence-electron chi connectivity index (χ1n) is 6.15. The molecule has 92 valence electrons. The molecule has 0 bridgehead atoms. The van der Waals surface area contributed by atoms with Gasteiger partial charge in [-0.1, -0.05) is 18.2 Å². The second-order valence-corrected chi connectivity index (χ2v) is 5.02. The van der Waals surface area contributed by atoms with Crippen LogP contribution in [0.25, 0.3) is 0 Å². The average molecular weight is 232 g/mol. The van der Waals surface area contributed by atoms with E-state index in [9.17, 15) is 4.79 Å². The van der Waals surface area contributed by atoms with E-state index in [0.717, 1.165) is 12.1 Å². The third kappa shape index (κ3) is 2.50. The van der Waals surface area contributed by atoms with Crippen LogP contribution in [0.2, 0.25) is 0 Å². The first-order valence-corrected chi connectivity index (χ1v) is 6.15. The number of nitrogens with one attached hydrogen (secondary N) is 1. The average Bonchev–Trinajstić information content (AvgIpc) is 2.28. The van der Waals surface area contributed by atoms with Crippen LogP contribution >= 0.6 is 0 Å². The number of nitrogens with zero attached hydrogens (tertiary/aromatic N) is 1. The van der Waals surface area contributed by atoms with E-state index >= 15 is 0 Å². The van der Waals surface area contributed by atoms with Crippen LogP contribution in [0, 0.1) is 0 Å². The predicted molar refractivity (Wildman–Crippen MR) is 69.0 cm³/mol. The van der Waals surface area contributed by atoms with Gasteiger partial charge in [-0.3, -0.25) is 4.79 Å². The summed E-state index contributed by atoms with van der Waals surface area (Å²) in [6, 6.07) is 9.39. The van der Waals surface area contributed by atoms with Crippen molar-refractivity contribution in [2.75, 3.05) is 20.6 Å². The molecule has 3 heteroatoms. The molecule has 3 nitrogen and oxygen atoms in total. The number of amides is 1. The van der Waals surface area contributed by atoms with Crippen molar-refractivity contribution in [3.8, 4) is 0 Å². The van der Waals surface area contributed by atoms with Crippen LogP contribution in [0.3, 0.4) is 0 Å². The minimum atomic E-state index is 0.0266. The largest absolute Gasteiger partial charge is 0.350 e. The fourth-order valence-electron chi connectivity index (χ4n) is 2.30. The Morgan fingerprint density at radius 1 is 1.29 bits per heavy atom. The van der Waals surface area contributed by atoms with Gasteiger partial charge in [-0.15, -0.1) is 0 Å². The second-order valence-electron chi connectivity index (χ2n) is 5.02. The van der Waals surface area contributed by atoms with Crippen molar-refractivity contribution in [3.63, 3.8) is 0 Å². The summed E-state index contributed by atoms with van der Waals surface area (Å²) < 4.78 is 0. The van der Waals surface area contributed by atoms with Crippen molar-refractivity contribution >= 4 is 5.91 Å². The zero-order valence-corrected chi connectivity index (χ0v) is 10.6. The summed E-state index contributed by atoms with van der Waals surface area (Å²) in [5.74, 6) is 0.0266. The van der Waals surface area contributed by atoms with Gasteiger partial charge in [-0.05, 0) is 45.5 Å². The molecule has 1 fully saturated rings. The Balaban J connectivity index is 1.92. The standard InChI is InChI=1S/C14H20N2O/c1-16(2)14(9-6-10-14)11-15-13(17)12-7-4-3-5-8-12/h3-5,7-8H,6,9-11H2,1-2H3,(H,15,17). The number of benzene rings is 1. The van der Waals surface area contributed by atoms with Crippen molar-refractivity contribution in [3.05, 3.63) is 35.9 Å². The second kappa shape index (κ2) is 4.88. The van der Waals surface area contributed by atoms with Gasteiger partial charge in [0.25, 0.3) is 5.91 Å². The molecule has 0 heterocycles. The summed E-state index contributed by atoms with van der Waals surface area (Å²) in [6.45, 7) is 0.744. The molecule has 1 aromatic rings. The van der Waals surface area contributed by atoms with Crippen molar-refractivity contribution in [1.82, 2.24) is 10.2 Å². The molecular weight excluding hydrogens is 212 g/mol. The molecule has 1 aromatic carbocycles. The lowest BCUT2D eigenvalue weighted by Crippen LogP contribution is -2.57. The van der Waals surface area contributed by atoms with E-state index in [1.165, 1.54) is 19.3 Å². The van der Waals surface area contributed by atoms with Crippen LogP contribution in [0.1, 0.15) is 29.6 Å². The summed E-state index contributed by atoms with van der Waals surface area (Å²) in [6.07, 6.45) is 3.61. The van der Waals surface area contributed by atoms with E-state index in [4.69, 9.17) is 0 Å². The van der Waals surface area contributed by atoms with Gasteiger partial charge in [-0.2, -0.15) is 0 Å². The van der Waals surface area contributed by atoms with Crippen molar-refractivity contribution in [1.29, 1.82) is 0 Å². The fourth-order valence-corrected chi connectivity index (χ4v) is 2.30. The van der Waals surface area contributed by atoms with Crippen LogP contribution in [-0.4, -0.2) is 37.0 Å². The van der Waals surface area contributed by atoms with E-state index < -0.39 is 0 Å². The zero-order chi connectivity index (χ0) is 12.3. The molecule has 1 aliphatic carbocycles. The van der Waals surface area contributed by atoms with Crippen LogP contribution in [-0.2, 0) is 0 Å². The quantitative estimate of drug-likeness (QED) is 0.860. The van der Waals surface area contributed by atoms with Crippen molar-refractivity contribution in [2.24, 2.45) is 0 Å². The van der Waals surface area contributed by atoms with Gasteiger partial charge < -0.3 is 10.2 Å². The molecule has 0 unspecified atom stereocenters. The first-order chi connectivity index (χ1) is 8.14. The van der Waals surface area contributed by atoms with Gasteiger partial charge in [0.05, 0.1) is 0 Å².